The number of benzene rings is 1. The SMILES string of the molecule is CC(=O)NC/C=C\C=C/NC1CC(C)N(C)c2ccccc21. The summed E-state index contributed by atoms with van der Waals surface area (Å²) in [4.78, 5) is 13.1. The molecule has 1 amide bonds. The van der Waals surface area contributed by atoms with Crippen LogP contribution in [0.1, 0.15) is 31.9 Å². The molecule has 4 heteroatoms. The molecule has 2 unspecified atom stereocenters. The first-order valence-electron chi connectivity index (χ1n) is 7.73. The molecule has 0 radical (unpaired) electrons. The van der Waals surface area contributed by atoms with Crippen LogP contribution < -0.4 is 15.5 Å². The molecule has 0 aliphatic carbocycles. The number of fused-ring (bicyclic) bond motifs is 1. The molecule has 0 aromatic heterocycles. The van der Waals surface area contributed by atoms with Crippen LogP contribution in [0.3, 0.4) is 0 Å². The normalized spacial score (nSPS) is 21.1. The molecule has 1 heterocycles. The fourth-order valence-electron chi connectivity index (χ4n) is 2.70. The Bertz CT molecular complexity index is 565. The van der Waals surface area contributed by atoms with Gasteiger partial charge in [-0.25, -0.2) is 0 Å². The summed E-state index contributed by atoms with van der Waals surface area (Å²) >= 11 is 0. The highest BCUT2D eigenvalue weighted by molar-refractivity contribution is 5.72. The van der Waals surface area contributed by atoms with Crippen molar-refractivity contribution in [3.05, 3.63) is 54.3 Å². The lowest BCUT2D eigenvalue weighted by atomic mass is 9.92. The average Bonchev–Trinajstić information content (AvgIpc) is 2.50. The second kappa shape index (κ2) is 7.69. The number of nitrogens with one attached hydrogen (secondary N) is 2. The van der Waals surface area contributed by atoms with Gasteiger partial charge in [-0.3, -0.25) is 4.79 Å². The maximum absolute atomic E-state index is 10.7. The van der Waals surface area contributed by atoms with Crippen LogP contribution in [0.4, 0.5) is 5.69 Å². The van der Waals surface area contributed by atoms with Crippen LogP contribution >= 0.6 is 0 Å². The van der Waals surface area contributed by atoms with Crippen molar-refractivity contribution in [2.75, 3.05) is 18.5 Å². The van der Waals surface area contributed by atoms with Gasteiger partial charge in [0.05, 0.1) is 6.04 Å². The van der Waals surface area contributed by atoms with Crippen molar-refractivity contribution in [2.24, 2.45) is 0 Å². The van der Waals surface area contributed by atoms with Gasteiger partial charge in [0.25, 0.3) is 0 Å². The Morgan fingerprint density at radius 1 is 1.36 bits per heavy atom. The minimum absolute atomic E-state index is 0.0105. The molecule has 2 N–H and O–H groups in total. The second-order valence-electron chi connectivity index (χ2n) is 5.70. The van der Waals surface area contributed by atoms with Crippen LogP contribution in [0.25, 0.3) is 0 Å². The van der Waals surface area contributed by atoms with E-state index in [1.807, 2.05) is 24.4 Å². The van der Waals surface area contributed by atoms with E-state index in [1.165, 1.54) is 18.2 Å². The Morgan fingerprint density at radius 2 is 2.14 bits per heavy atom. The van der Waals surface area contributed by atoms with Crippen LogP contribution in [0.2, 0.25) is 0 Å². The molecule has 1 aliphatic heterocycles. The number of para-hydroxylation sites is 1. The summed E-state index contributed by atoms with van der Waals surface area (Å²) in [5, 5.41) is 6.21. The third kappa shape index (κ3) is 4.13. The molecule has 1 aromatic rings. The average molecular weight is 299 g/mol. The van der Waals surface area contributed by atoms with Crippen molar-refractivity contribution in [2.45, 2.75) is 32.4 Å². The van der Waals surface area contributed by atoms with Crippen molar-refractivity contribution in [3.63, 3.8) is 0 Å². The summed E-state index contributed by atoms with van der Waals surface area (Å²) in [6, 6.07) is 9.39. The zero-order valence-corrected chi connectivity index (χ0v) is 13.5. The number of hydrogen-bond donors (Lipinski definition) is 2. The Morgan fingerprint density at radius 3 is 2.91 bits per heavy atom. The molecular weight excluding hydrogens is 274 g/mol. The predicted octanol–water partition coefficient (Wildman–Crippen LogP) is 2.75. The van der Waals surface area contributed by atoms with Crippen molar-refractivity contribution >= 4 is 11.6 Å². The van der Waals surface area contributed by atoms with Gasteiger partial charge >= 0.3 is 0 Å². The minimum atomic E-state index is -0.0105. The smallest absolute Gasteiger partial charge is 0.217 e. The summed E-state index contributed by atoms with van der Waals surface area (Å²) in [7, 11) is 2.15. The van der Waals surface area contributed by atoms with E-state index < -0.39 is 0 Å². The van der Waals surface area contributed by atoms with Crippen molar-refractivity contribution in [1.29, 1.82) is 0 Å². The molecule has 1 aromatic carbocycles. The summed E-state index contributed by atoms with van der Waals surface area (Å²) < 4.78 is 0. The molecule has 2 rings (SSSR count). The van der Waals surface area contributed by atoms with Gasteiger partial charge in [0.15, 0.2) is 0 Å². The Hall–Kier alpha value is -2.23. The highest BCUT2D eigenvalue weighted by Gasteiger charge is 2.26. The van der Waals surface area contributed by atoms with E-state index in [4.69, 9.17) is 0 Å². The number of allylic oxidation sites excluding steroid dienone is 2. The summed E-state index contributed by atoms with van der Waals surface area (Å²) in [6.07, 6.45) is 8.88. The largest absolute Gasteiger partial charge is 0.384 e. The van der Waals surface area contributed by atoms with Gasteiger partial charge < -0.3 is 15.5 Å². The number of nitrogens with zero attached hydrogens (tertiary/aromatic N) is 1. The van der Waals surface area contributed by atoms with E-state index in [9.17, 15) is 4.79 Å². The van der Waals surface area contributed by atoms with Crippen molar-refractivity contribution in [1.82, 2.24) is 10.6 Å². The van der Waals surface area contributed by atoms with Gasteiger partial charge in [0.1, 0.15) is 0 Å². The third-order valence-corrected chi connectivity index (χ3v) is 4.04. The first kappa shape index (κ1) is 16.1. The fourth-order valence-corrected chi connectivity index (χ4v) is 2.70. The van der Waals surface area contributed by atoms with Crippen LogP contribution in [0.5, 0.6) is 0 Å². The van der Waals surface area contributed by atoms with E-state index in [1.54, 1.807) is 0 Å². The molecule has 0 spiro atoms. The molecule has 22 heavy (non-hydrogen) atoms. The number of amides is 1. The van der Waals surface area contributed by atoms with Crippen molar-refractivity contribution in [3.8, 4) is 0 Å². The summed E-state index contributed by atoms with van der Waals surface area (Å²) in [5.74, 6) is -0.0105. The van der Waals surface area contributed by atoms with E-state index in [-0.39, 0.29) is 5.91 Å². The monoisotopic (exact) mass is 299 g/mol. The lowest BCUT2D eigenvalue weighted by molar-refractivity contribution is -0.118. The number of rotatable bonds is 5. The molecule has 2 atom stereocenters. The molecule has 4 nitrogen and oxygen atoms in total. The van der Waals surface area contributed by atoms with Crippen LogP contribution in [0, 0.1) is 0 Å². The Balaban J connectivity index is 1.93. The number of carbonyl (C=O) groups is 1. The fraction of sp³-hybridized carbons (Fsp3) is 0.389. The maximum Gasteiger partial charge on any atom is 0.217 e. The highest BCUT2D eigenvalue weighted by atomic mass is 16.1. The number of hydrogen-bond acceptors (Lipinski definition) is 3. The topological polar surface area (TPSA) is 44.4 Å². The number of carbonyl (C=O) groups excluding carboxylic acids is 1. The Labute approximate surface area is 132 Å². The van der Waals surface area contributed by atoms with E-state index in [0.29, 0.717) is 18.6 Å². The zero-order valence-electron chi connectivity index (χ0n) is 13.5. The summed E-state index contributed by atoms with van der Waals surface area (Å²) in [5.41, 5.74) is 2.64. The van der Waals surface area contributed by atoms with Gasteiger partial charge in [-0.1, -0.05) is 30.4 Å². The molecule has 0 saturated heterocycles. The lowest BCUT2D eigenvalue weighted by Gasteiger charge is -2.38. The highest BCUT2D eigenvalue weighted by Crippen LogP contribution is 2.35. The number of anilines is 1. The predicted molar refractivity (Wildman–Crippen MR) is 91.8 cm³/mol. The van der Waals surface area contributed by atoms with Crippen LogP contribution in [-0.4, -0.2) is 25.5 Å². The van der Waals surface area contributed by atoms with Gasteiger partial charge in [-0.05, 0) is 37.3 Å². The first-order chi connectivity index (χ1) is 10.6. The van der Waals surface area contributed by atoms with Crippen molar-refractivity contribution < 1.29 is 4.79 Å². The molecule has 0 saturated carbocycles. The molecule has 1 aliphatic rings. The van der Waals surface area contributed by atoms with Gasteiger partial charge in [-0.2, -0.15) is 0 Å². The van der Waals surface area contributed by atoms with E-state index in [0.717, 1.165) is 6.42 Å². The van der Waals surface area contributed by atoms with E-state index >= 15 is 0 Å². The Kier molecular flexibility index (Phi) is 5.64. The molecular formula is C18H25N3O. The minimum Gasteiger partial charge on any atom is -0.384 e. The van der Waals surface area contributed by atoms with Gasteiger partial charge in [0, 0.05) is 32.2 Å². The second-order valence-corrected chi connectivity index (χ2v) is 5.70. The van der Waals surface area contributed by atoms with Gasteiger partial charge in [-0.15, -0.1) is 0 Å². The molecule has 0 fully saturated rings. The zero-order chi connectivity index (χ0) is 15.9. The first-order valence-corrected chi connectivity index (χ1v) is 7.73. The molecule has 118 valence electrons. The quantitative estimate of drug-likeness (QED) is 0.822. The van der Waals surface area contributed by atoms with Crippen LogP contribution in [-0.2, 0) is 4.79 Å². The summed E-state index contributed by atoms with van der Waals surface area (Å²) in [6.45, 7) is 4.33. The molecule has 0 bridgehead atoms. The third-order valence-electron chi connectivity index (χ3n) is 4.04. The maximum atomic E-state index is 10.7. The lowest BCUT2D eigenvalue weighted by Crippen LogP contribution is -2.38. The van der Waals surface area contributed by atoms with E-state index in [2.05, 4.69) is 53.8 Å². The standard InChI is InChI=1S/C18H25N3O/c1-14-13-17(16-9-5-6-10-18(16)21(14)3)20-12-8-4-7-11-19-15(2)22/h4-10,12,14,17,20H,11,13H2,1-3H3,(H,19,22)/b7-4-,12-8-. The van der Waals surface area contributed by atoms with Crippen LogP contribution in [0.15, 0.2) is 48.7 Å². The van der Waals surface area contributed by atoms with Gasteiger partial charge in [0.2, 0.25) is 5.91 Å².